The summed E-state index contributed by atoms with van der Waals surface area (Å²) in [6.07, 6.45) is -0.529. The fourth-order valence-corrected chi connectivity index (χ4v) is 2.94. The normalized spacial score (nSPS) is 12.4. The lowest BCUT2D eigenvalue weighted by Crippen LogP contribution is -2.42. The molecule has 8 heteroatoms. The van der Waals surface area contributed by atoms with Crippen molar-refractivity contribution in [3.8, 4) is 5.75 Å². The molecule has 0 aromatic heterocycles. The molecule has 2 rings (SSSR count). The van der Waals surface area contributed by atoms with Gasteiger partial charge >= 0.3 is 0 Å². The van der Waals surface area contributed by atoms with Crippen molar-refractivity contribution in [2.45, 2.75) is 39.4 Å². The topological polar surface area (TPSA) is 95.0 Å². The maximum Gasteiger partial charge on any atom is 0.224 e. The van der Waals surface area contributed by atoms with Gasteiger partial charge in [0.25, 0.3) is 0 Å². The molecule has 1 unspecified atom stereocenters. The largest absolute Gasteiger partial charge is 0.491 e. The van der Waals surface area contributed by atoms with E-state index in [1.165, 1.54) is 12.1 Å². The molecule has 174 valence electrons. The lowest BCUT2D eigenvalue weighted by Gasteiger charge is -2.14. The van der Waals surface area contributed by atoms with Gasteiger partial charge in [-0.05, 0) is 56.2 Å². The lowest BCUT2D eigenvalue weighted by atomic mass is 10.1. The van der Waals surface area contributed by atoms with E-state index >= 15 is 0 Å². The summed E-state index contributed by atoms with van der Waals surface area (Å²) >= 11 is 0. The molecule has 4 N–H and O–H groups in total. The van der Waals surface area contributed by atoms with Gasteiger partial charge in [-0.1, -0.05) is 24.3 Å². The van der Waals surface area contributed by atoms with Gasteiger partial charge in [0.1, 0.15) is 11.6 Å². The molecule has 0 aliphatic rings. The first-order valence-electron chi connectivity index (χ1n) is 10.9. The zero-order valence-corrected chi connectivity index (χ0v) is 18.9. The van der Waals surface area contributed by atoms with Gasteiger partial charge in [0.05, 0.1) is 25.2 Å². The third-order valence-corrected chi connectivity index (χ3v) is 4.40. The molecular formula is C24H33FN4O3. The number of halogens is 1. The molecule has 1 amide bonds. The molecule has 0 bridgehead atoms. The Labute approximate surface area is 189 Å². The van der Waals surface area contributed by atoms with Crippen molar-refractivity contribution in [3.05, 3.63) is 65.5 Å². The molecule has 0 radical (unpaired) electrons. The molecular weight excluding hydrogens is 411 g/mol. The Morgan fingerprint density at radius 3 is 2.47 bits per heavy atom. The summed E-state index contributed by atoms with van der Waals surface area (Å²) in [6.45, 7) is 7.56. The first-order valence-corrected chi connectivity index (χ1v) is 10.9. The van der Waals surface area contributed by atoms with Crippen LogP contribution in [0.25, 0.3) is 0 Å². The zero-order valence-electron chi connectivity index (χ0n) is 18.9. The molecule has 0 aliphatic carbocycles. The first-order chi connectivity index (χ1) is 15.4. The number of rotatable bonds is 11. The van der Waals surface area contributed by atoms with E-state index in [0.717, 1.165) is 11.3 Å². The molecule has 2 aromatic rings. The van der Waals surface area contributed by atoms with Gasteiger partial charge in [0.2, 0.25) is 5.91 Å². The smallest absolute Gasteiger partial charge is 0.224 e. The van der Waals surface area contributed by atoms with Crippen molar-refractivity contribution in [2.24, 2.45) is 4.99 Å². The number of carbonyl (C=O) groups is 1. The third kappa shape index (κ3) is 9.34. The van der Waals surface area contributed by atoms with Crippen LogP contribution < -0.4 is 20.7 Å². The van der Waals surface area contributed by atoms with Crippen LogP contribution in [0.5, 0.6) is 5.75 Å². The Hall–Kier alpha value is -3.13. The highest BCUT2D eigenvalue weighted by molar-refractivity contribution is 5.80. The molecule has 32 heavy (non-hydrogen) atoms. The second kappa shape index (κ2) is 13.3. The van der Waals surface area contributed by atoms with Gasteiger partial charge in [-0.3, -0.25) is 9.79 Å². The molecule has 0 saturated carbocycles. The van der Waals surface area contributed by atoms with Crippen LogP contribution in [-0.4, -0.2) is 49.3 Å². The second-order valence-corrected chi connectivity index (χ2v) is 7.55. The van der Waals surface area contributed by atoms with Crippen molar-refractivity contribution in [1.29, 1.82) is 0 Å². The summed E-state index contributed by atoms with van der Waals surface area (Å²) in [5, 5.41) is 19.4. The van der Waals surface area contributed by atoms with Crippen molar-refractivity contribution < 1.29 is 19.0 Å². The Kier molecular flexibility index (Phi) is 10.5. The molecule has 2 aromatic carbocycles. The van der Waals surface area contributed by atoms with Crippen LogP contribution in [-0.2, 0) is 11.2 Å². The predicted octanol–water partition coefficient (Wildman–Crippen LogP) is 2.56. The monoisotopic (exact) mass is 444 g/mol. The van der Waals surface area contributed by atoms with Gasteiger partial charge in [-0.25, -0.2) is 4.39 Å². The molecule has 7 nitrogen and oxygen atoms in total. The number of hydrogen-bond acceptors (Lipinski definition) is 4. The fraction of sp³-hybridized carbons (Fsp3) is 0.417. The van der Waals surface area contributed by atoms with Gasteiger partial charge in [-0.15, -0.1) is 0 Å². The number of nitrogens with one attached hydrogen (secondary N) is 3. The Balaban J connectivity index is 1.77. The highest BCUT2D eigenvalue weighted by Gasteiger charge is 2.09. The Morgan fingerprint density at radius 2 is 1.81 bits per heavy atom. The van der Waals surface area contributed by atoms with Crippen molar-refractivity contribution in [3.63, 3.8) is 0 Å². The molecule has 0 aliphatic heterocycles. The van der Waals surface area contributed by atoms with E-state index < -0.39 is 6.10 Å². The summed E-state index contributed by atoms with van der Waals surface area (Å²) in [5.41, 5.74) is 1.38. The van der Waals surface area contributed by atoms with Crippen LogP contribution in [0.15, 0.2) is 53.5 Å². The number of amides is 1. The molecule has 1 atom stereocenters. The summed E-state index contributed by atoms with van der Waals surface area (Å²) in [4.78, 5) is 16.4. The maximum absolute atomic E-state index is 13.2. The van der Waals surface area contributed by atoms with E-state index in [1.54, 1.807) is 12.1 Å². The SMILES string of the molecule is CCNC(=NCC(O)c1ccc(OC(C)C)cc1)NCCNC(=O)Cc1cccc(F)c1. The number of aliphatic imine (C=N–C) groups is 1. The summed E-state index contributed by atoms with van der Waals surface area (Å²) < 4.78 is 18.8. The average molecular weight is 445 g/mol. The standard InChI is InChI=1S/C24H33FN4O3/c1-4-26-24(28-13-12-27-23(31)15-18-6-5-7-20(25)14-18)29-16-22(30)19-8-10-21(11-9-19)32-17(2)3/h5-11,14,17,22,30H,4,12-13,15-16H2,1-3H3,(H,27,31)(H2,26,28,29). The van der Waals surface area contributed by atoms with Crippen LogP contribution in [0.2, 0.25) is 0 Å². The van der Waals surface area contributed by atoms with Gasteiger partial charge in [0.15, 0.2) is 5.96 Å². The summed E-state index contributed by atoms with van der Waals surface area (Å²) in [7, 11) is 0. The fourth-order valence-electron chi connectivity index (χ4n) is 2.94. The second-order valence-electron chi connectivity index (χ2n) is 7.55. The highest BCUT2D eigenvalue weighted by atomic mass is 19.1. The number of guanidine groups is 1. The van der Waals surface area contributed by atoms with Crippen molar-refractivity contribution in [2.75, 3.05) is 26.2 Å². The number of carbonyl (C=O) groups excluding carboxylic acids is 1. The number of benzene rings is 2. The van der Waals surface area contributed by atoms with Crippen LogP contribution >= 0.6 is 0 Å². The minimum atomic E-state index is -0.746. The summed E-state index contributed by atoms with van der Waals surface area (Å²) in [5.74, 6) is 0.768. The predicted molar refractivity (Wildman–Crippen MR) is 124 cm³/mol. The van der Waals surface area contributed by atoms with Gasteiger partial charge in [0, 0.05) is 19.6 Å². The highest BCUT2D eigenvalue weighted by Crippen LogP contribution is 2.19. The molecule has 0 saturated heterocycles. The molecule has 0 spiro atoms. The van der Waals surface area contributed by atoms with Gasteiger partial charge < -0.3 is 25.8 Å². The van der Waals surface area contributed by atoms with Crippen LogP contribution in [0.1, 0.15) is 38.0 Å². The van der Waals surface area contributed by atoms with E-state index in [0.29, 0.717) is 31.2 Å². The molecule has 0 fully saturated rings. The number of aliphatic hydroxyl groups is 1. The number of hydrogen-bond donors (Lipinski definition) is 4. The van der Waals surface area contributed by atoms with Crippen LogP contribution in [0.4, 0.5) is 4.39 Å². The lowest BCUT2D eigenvalue weighted by molar-refractivity contribution is -0.120. The van der Waals surface area contributed by atoms with E-state index in [1.807, 2.05) is 45.0 Å². The van der Waals surface area contributed by atoms with Crippen LogP contribution in [0.3, 0.4) is 0 Å². The Morgan fingerprint density at radius 1 is 1.09 bits per heavy atom. The van der Waals surface area contributed by atoms with E-state index in [2.05, 4.69) is 20.9 Å². The van der Waals surface area contributed by atoms with E-state index in [9.17, 15) is 14.3 Å². The maximum atomic E-state index is 13.2. The van der Waals surface area contributed by atoms with Crippen molar-refractivity contribution >= 4 is 11.9 Å². The first kappa shape index (κ1) is 25.1. The van der Waals surface area contributed by atoms with E-state index in [4.69, 9.17) is 4.74 Å². The van der Waals surface area contributed by atoms with E-state index in [-0.39, 0.29) is 30.8 Å². The minimum Gasteiger partial charge on any atom is -0.491 e. The van der Waals surface area contributed by atoms with Crippen molar-refractivity contribution in [1.82, 2.24) is 16.0 Å². The quantitative estimate of drug-likeness (QED) is 0.243. The third-order valence-electron chi connectivity index (χ3n) is 4.40. The van der Waals surface area contributed by atoms with Crippen LogP contribution in [0, 0.1) is 5.82 Å². The Bertz CT molecular complexity index is 872. The van der Waals surface area contributed by atoms with Gasteiger partial charge in [-0.2, -0.15) is 0 Å². The average Bonchev–Trinajstić information content (AvgIpc) is 2.75. The molecule has 0 heterocycles. The minimum absolute atomic E-state index is 0.0928. The number of aliphatic hydroxyl groups excluding tert-OH is 1. The number of nitrogens with zero attached hydrogens (tertiary/aromatic N) is 1. The zero-order chi connectivity index (χ0) is 23.3. The summed E-state index contributed by atoms with van der Waals surface area (Å²) in [6, 6.07) is 13.3. The number of ether oxygens (including phenoxy) is 1.